The van der Waals surface area contributed by atoms with Crippen molar-refractivity contribution in [2.45, 2.75) is 6.61 Å². The monoisotopic (exact) mass is 244 g/mol. The Morgan fingerprint density at radius 2 is 2.00 bits per heavy atom. The first kappa shape index (κ1) is 11.9. The van der Waals surface area contributed by atoms with E-state index in [0.29, 0.717) is 18.2 Å². The molecule has 0 radical (unpaired) electrons. The van der Waals surface area contributed by atoms with Crippen LogP contribution >= 0.6 is 0 Å². The highest BCUT2D eigenvalue weighted by Crippen LogP contribution is 2.12. The quantitative estimate of drug-likeness (QED) is 0.867. The maximum atomic E-state index is 10.4. The number of carboxylic acid groups (broad SMARTS) is 1. The van der Waals surface area contributed by atoms with Crippen LogP contribution in [0.25, 0.3) is 0 Å². The number of rotatable bonds is 4. The number of amides is 1. The van der Waals surface area contributed by atoms with Crippen molar-refractivity contribution in [1.82, 2.24) is 4.98 Å². The van der Waals surface area contributed by atoms with Gasteiger partial charge in [0, 0.05) is 18.0 Å². The van der Waals surface area contributed by atoms with Crippen molar-refractivity contribution < 1.29 is 14.6 Å². The molecule has 5 heteroatoms. The molecule has 0 saturated carbocycles. The van der Waals surface area contributed by atoms with E-state index >= 15 is 0 Å². The van der Waals surface area contributed by atoms with Crippen molar-refractivity contribution in [2.75, 3.05) is 5.32 Å². The SMILES string of the molecule is O=C(O)Nc1ccc(COc2ccccn2)cc1. The van der Waals surface area contributed by atoms with Gasteiger partial charge in [-0.05, 0) is 23.8 Å². The predicted molar refractivity (Wildman–Crippen MR) is 66.7 cm³/mol. The van der Waals surface area contributed by atoms with Gasteiger partial charge in [-0.1, -0.05) is 18.2 Å². The third kappa shape index (κ3) is 3.48. The zero-order valence-electron chi connectivity index (χ0n) is 9.54. The van der Waals surface area contributed by atoms with Crippen LogP contribution in [0.2, 0.25) is 0 Å². The summed E-state index contributed by atoms with van der Waals surface area (Å²) in [5.74, 6) is 0.560. The summed E-state index contributed by atoms with van der Waals surface area (Å²) < 4.78 is 5.47. The first-order valence-corrected chi connectivity index (χ1v) is 5.37. The van der Waals surface area contributed by atoms with Crippen molar-refractivity contribution in [1.29, 1.82) is 0 Å². The number of benzene rings is 1. The Bertz CT molecular complexity index is 512. The Hall–Kier alpha value is -2.56. The van der Waals surface area contributed by atoms with Crippen molar-refractivity contribution in [3.8, 4) is 5.88 Å². The first-order chi connectivity index (χ1) is 8.74. The Morgan fingerprint density at radius 3 is 2.61 bits per heavy atom. The van der Waals surface area contributed by atoms with Crippen LogP contribution in [-0.4, -0.2) is 16.2 Å². The zero-order chi connectivity index (χ0) is 12.8. The van der Waals surface area contributed by atoms with E-state index in [-0.39, 0.29) is 0 Å². The van der Waals surface area contributed by atoms with Crippen LogP contribution in [0.4, 0.5) is 10.5 Å². The molecule has 1 heterocycles. The molecule has 0 aliphatic carbocycles. The molecular weight excluding hydrogens is 232 g/mol. The number of hydrogen-bond donors (Lipinski definition) is 2. The highest BCUT2D eigenvalue weighted by Gasteiger charge is 1.99. The second-order valence-electron chi connectivity index (χ2n) is 3.58. The van der Waals surface area contributed by atoms with Crippen LogP contribution < -0.4 is 10.1 Å². The molecule has 0 aliphatic rings. The molecule has 92 valence electrons. The molecule has 2 rings (SSSR count). The van der Waals surface area contributed by atoms with Crippen molar-refractivity contribution in [2.24, 2.45) is 0 Å². The topological polar surface area (TPSA) is 71.5 Å². The van der Waals surface area contributed by atoms with Crippen molar-refractivity contribution in [3.05, 3.63) is 54.2 Å². The van der Waals surface area contributed by atoms with Gasteiger partial charge in [0.1, 0.15) is 6.61 Å². The maximum absolute atomic E-state index is 10.4. The van der Waals surface area contributed by atoms with E-state index in [2.05, 4.69) is 10.3 Å². The van der Waals surface area contributed by atoms with E-state index in [0.717, 1.165) is 5.56 Å². The number of ether oxygens (including phenoxy) is 1. The largest absolute Gasteiger partial charge is 0.473 e. The summed E-state index contributed by atoms with van der Waals surface area (Å²) >= 11 is 0. The fraction of sp³-hybridized carbons (Fsp3) is 0.0769. The number of hydrogen-bond acceptors (Lipinski definition) is 3. The normalized spacial score (nSPS) is 9.78. The summed E-state index contributed by atoms with van der Waals surface area (Å²) in [5, 5.41) is 10.8. The van der Waals surface area contributed by atoms with E-state index in [1.54, 1.807) is 36.5 Å². The van der Waals surface area contributed by atoms with Crippen molar-refractivity contribution >= 4 is 11.8 Å². The van der Waals surface area contributed by atoms with E-state index < -0.39 is 6.09 Å². The van der Waals surface area contributed by atoms with Gasteiger partial charge in [-0.3, -0.25) is 5.32 Å². The number of nitrogens with zero attached hydrogens (tertiary/aromatic N) is 1. The van der Waals surface area contributed by atoms with Gasteiger partial charge in [0.25, 0.3) is 0 Å². The summed E-state index contributed by atoms with van der Waals surface area (Å²) in [6.07, 6.45) is 0.586. The zero-order valence-corrected chi connectivity index (χ0v) is 9.54. The highest BCUT2D eigenvalue weighted by molar-refractivity contribution is 5.82. The maximum Gasteiger partial charge on any atom is 0.409 e. The molecule has 2 aromatic rings. The fourth-order valence-corrected chi connectivity index (χ4v) is 1.40. The van der Waals surface area contributed by atoms with Crippen LogP contribution in [0.1, 0.15) is 5.56 Å². The van der Waals surface area contributed by atoms with E-state index in [9.17, 15) is 4.79 Å². The van der Waals surface area contributed by atoms with E-state index in [1.165, 1.54) is 0 Å². The minimum Gasteiger partial charge on any atom is -0.473 e. The molecule has 0 aliphatic heterocycles. The van der Waals surface area contributed by atoms with Gasteiger partial charge < -0.3 is 9.84 Å². The van der Waals surface area contributed by atoms with Crippen LogP contribution in [0.3, 0.4) is 0 Å². The second-order valence-corrected chi connectivity index (χ2v) is 3.58. The van der Waals surface area contributed by atoms with Gasteiger partial charge in [0.2, 0.25) is 5.88 Å². The van der Waals surface area contributed by atoms with Crippen LogP contribution in [0, 0.1) is 0 Å². The summed E-state index contributed by atoms with van der Waals surface area (Å²) in [6.45, 7) is 0.393. The number of nitrogens with one attached hydrogen (secondary N) is 1. The summed E-state index contributed by atoms with van der Waals surface area (Å²) in [6, 6.07) is 12.4. The summed E-state index contributed by atoms with van der Waals surface area (Å²) in [4.78, 5) is 14.5. The first-order valence-electron chi connectivity index (χ1n) is 5.37. The molecule has 0 bridgehead atoms. The molecule has 0 spiro atoms. The van der Waals surface area contributed by atoms with Crippen molar-refractivity contribution in [3.63, 3.8) is 0 Å². The van der Waals surface area contributed by atoms with E-state index in [1.807, 2.05) is 12.1 Å². The summed E-state index contributed by atoms with van der Waals surface area (Å²) in [5.41, 5.74) is 1.47. The standard InChI is InChI=1S/C13H12N2O3/c16-13(17)15-11-6-4-10(5-7-11)9-18-12-3-1-2-8-14-12/h1-8,15H,9H2,(H,16,17). The third-order valence-corrected chi connectivity index (χ3v) is 2.23. The highest BCUT2D eigenvalue weighted by atomic mass is 16.5. The number of aromatic nitrogens is 1. The molecule has 0 atom stereocenters. The minimum atomic E-state index is -1.08. The molecule has 0 unspecified atom stereocenters. The molecule has 2 N–H and O–H groups in total. The van der Waals surface area contributed by atoms with Gasteiger partial charge in [-0.25, -0.2) is 9.78 Å². The van der Waals surface area contributed by atoms with Gasteiger partial charge in [0.15, 0.2) is 0 Å². The van der Waals surface area contributed by atoms with Crippen LogP contribution in [0.5, 0.6) is 5.88 Å². The average molecular weight is 244 g/mol. The minimum absolute atomic E-state index is 0.393. The molecule has 0 fully saturated rings. The number of pyridine rings is 1. The summed E-state index contributed by atoms with van der Waals surface area (Å²) in [7, 11) is 0. The smallest absolute Gasteiger partial charge is 0.409 e. The second kappa shape index (κ2) is 5.67. The number of carbonyl (C=O) groups is 1. The lowest BCUT2D eigenvalue weighted by Gasteiger charge is -2.06. The van der Waals surface area contributed by atoms with Gasteiger partial charge >= 0.3 is 6.09 Å². The molecule has 1 aromatic carbocycles. The predicted octanol–water partition coefficient (Wildman–Crippen LogP) is 2.75. The lowest BCUT2D eigenvalue weighted by atomic mass is 10.2. The van der Waals surface area contributed by atoms with Gasteiger partial charge in [-0.15, -0.1) is 0 Å². The Balaban J connectivity index is 1.92. The Morgan fingerprint density at radius 1 is 1.22 bits per heavy atom. The molecular formula is C13H12N2O3. The molecule has 1 amide bonds. The molecule has 0 saturated heterocycles. The lowest BCUT2D eigenvalue weighted by molar-refractivity contribution is 0.210. The van der Waals surface area contributed by atoms with Crippen LogP contribution in [-0.2, 0) is 6.61 Å². The molecule has 18 heavy (non-hydrogen) atoms. The van der Waals surface area contributed by atoms with Gasteiger partial charge in [0.05, 0.1) is 0 Å². The Labute approximate surface area is 104 Å². The fourth-order valence-electron chi connectivity index (χ4n) is 1.40. The number of anilines is 1. The third-order valence-electron chi connectivity index (χ3n) is 2.23. The lowest BCUT2D eigenvalue weighted by Crippen LogP contribution is -2.07. The van der Waals surface area contributed by atoms with Crippen LogP contribution in [0.15, 0.2) is 48.7 Å². The van der Waals surface area contributed by atoms with Gasteiger partial charge in [-0.2, -0.15) is 0 Å². The molecule has 5 nitrogen and oxygen atoms in total. The average Bonchev–Trinajstić information content (AvgIpc) is 2.38. The molecule has 1 aromatic heterocycles. The van der Waals surface area contributed by atoms with E-state index in [4.69, 9.17) is 9.84 Å². The Kier molecular flexibility index (Phi) is 3.76.